The number of rotatable bonds is 8. The first-order valence-electron chi connectivity index (χ1n) is 11.5. The molecule has 0 aliphatic heterocycles. The maximum atomic E-state index is 12.9. The molecule has 0 aromatic heterocycles. The number of aliphatic carboxylic acids is 2. The predicted molar refractivity (Wildman–Crippen MR) is 145 cm³/mol. The zero-order chi connectivity index (χ0) is 25.9. The molecule has 4 nitrogen and oxygen atoms in total. The monoisotopic (exact) mass is 540 g/mol. The van der Waals surface area contributed by atoms with E-state index in [4.69, 9.17) is 23.2 Å². The lowest BCUT2D eigenvalue weighted by molar-refractivity contribution is -0.158. The van der Waals surface area contributed by atoms with Crippen LogP contribution in [0.15, 0.2) is 94.7 Å². The highest BCUT2D eigenvalue weighted by Gasteiger charge is 2.55. The molecular weight excluding hydrogens is 515 g/mol. The summed E-state index contributed by atoms with van der Waals surface area (Å²) < 4.78 is 0. The summed E-state index contributed by atoms with van der Waals surface area (Å²) in [7, 11) is 0. The van der Waals surface area contributed by atoms with Gasteiger partial charge in [0.05, 0.1) is 10.8 Å². The molecule has 3 aromatic carbocycles. The van der Waals surface area contributed by atoms with Crippen molar-refractivity contribution in [1.29, 1.82) is 0 Å². The van der Waals surface area contributed by atoms with Gasteiger partial charge < -0.3 is 10.2 Å². The van der Waals surface area contributed by atoms with Crippen LogP contribution in [0.4, 0.5) is 0 Å². The van der Waals surface area contributed by atoms with Crippen molar-refractivity contribution in [1.82, 2.24) is 0 Å². The van der Waals surface area contributed by atoms with Crippen LogP contribution in [0.2, 0.25) is 10.0 Å². The minimum absolute atomic E-state index is 0.0303. The van der Waals surface area contributed by atoms with Crippen LogP contribution < -0.4 is 0 Å². The Morgan fingerprint density at radius 3 is 1.97 bits per heavy atom. The van der Waals surface area contributed by atoms with Gasteiger partial charge in [0.15, 0.2) is 0 Å². The Bertz CT molecular complexity index is 1270. The molecule has 3 unspecified atom stereocenters. The summed E-state index contributed by atoms with van der Waals surface area (Å²) >= 11 is 13.8. The molecule has 1 aliphatic carbocycles. The summed E-state index contributed by atoms with van der Waals surface area (Å²) in [4.78, 5) is 27.2. The summed E-state index contributed by atoms with van der Waals surface area (Å²) in [5.74, 6) is -2.51. The van der Waals surface area contributed by atoms with Crippen LogP contribution in [0, 0.1) is 16.7 Å². The van der Waals surface area contributed by atoms with Gasteiger partial charge in [0.25, 0.3) is 0 Å². The van der Waals surface area contributed by atoms with Crippen molar-refractivity contribution >= 4 is 46.9 Å². The number of hydrogen-bond donors (Lipinski definition) is 2. The summed E-state index contributed by atoms with van der Waals surface area (Å²) in [6, 6.07) is 24.1. The zero-order valence-electron chi connectivity index (χ0n) is 19.7. The largest absolute Gasteiger partial charge is 0.481 e. The van der Waals surface area contributed by atoms with Gasteiger partial charge in [-0.15, -0.1) is 0 Å². The first-order valence-corrected chi connectivity index (χ1v) is 13.1. The van der Waals surface area contributed by atoms with Crippen LogP contribution in [-0.4, -0.2) is 22.2 Å². The molecule has 3 aromatic rings. The van der Waals surface area contributed by atoms with E-state index in [0.29, 0.717) is 21.4 Å². The Morgan fingerprint density at radius 1 is 0.889 bits per heavy atom. The second kappa shape index (κ2) is 10.7. The van der Waals surface area contributed by atoms with E-state index in [1.165, 1.54) is 11.8 Å². The van der Waals surface area contributed by atoms with Crippen LogP contribution in [0.25, 0.3) is 0 Å². The fraction of sp³-hybridized carbons (Fsp3) is 0.241. The Kier molecular flexibility index (Phi) is 7.84. The van der Waals surface area contributed by atoms with E-state index in [2.05, 4.69) is 0 Å². The summed E-state index contributed by atoms with van der Waals surface area (Å²) in [5.41, 5.74) is -0.911. The van der Waals surface area contributed by atoms with E-state index in [9.17, 15) is 19.8 Å². The number of thioether (sulfide) groups is 1. The number of allylic oxidation sites excluding steroid dienone is 1. The van der Waals surface area contributed by atoms with Crippen LogP contribution in [-0.2, 0) is 22.4 Å². The van der Waals surface area contributed by atoms with Gasteiger partial charge in [-0.25, -0.2) is 0 Å². The number of carbonyl (C=O) groups is 2. The molecule has 0 bridgehead atoms. The predicted octanol–water partition coefficient (Wildman–Crippen LogP) is 7.64. The Morgan fingerprint density at radius 2 is 1.44 bits per heavy atom. The van der Waals surface area contributed by atoms with Crippen LogP contribution >= 0.6 is 35.0 Å². The maximum absolute atomic E-state index is 12.9. The molecule has 0 fully saturated rings. The fourth-order valence-corrected chi connectivity index (χ4v) is 7.10. The van der Waals surface area contributed by atoms with E-state index < -0.39 is 28.7 Å². The fourth-order valence-electron chi connectivity index (χ4n) is 5.03. The molecule has 2 N–H and O–H groups in total. The number of halogens is 2. The highest BCUT2D eigenvalue weighted by atomic mass is 35.5. The van der Waals surface area contributed by atoms with Gasteiger partial charge in [-0.1, -0.05) is 102 Å². The van der Waals surface area contributed by atoms with E-state index in [-0.39, 0.29) is 12.8 Å². The average Bonchev–Trinajstić information content (AvgIpc) is 2.82. The minimum atomic E-state index is -1.40. The molecular formula is C29H26Cl2O4S. The number of carboxylic acid groups (broad SMARTS) is 2. The molecule has 0 amide bonds. The molecule has 0 spiro atoms. The molecule has 0 radical (unpaired) electrons. The van der Waals surface area contributed by atoms with Crippen molar-refractivity contribution in [3.63, 3.8) is 0 Å². The number of hydrogen-bond acceptors (Lipinski definition) is 3. The van der Waals surface area contributed by atoms with Gasteiger partial charge in [-0.05, 0) is 60.4 Å². The summed E-state index contributed by atoms with van der Waals surface area (Å²) in [6.45, 7) is 1.67. The number of benzene rings is 3. The first kappa shape index (κ1) is 26.3. The van der Waals surface area contributed by atoms with Crippen LogP contribution in [0.3, 0.4) is 0 Å². The maximum Gasteiger partial charge on any atom is 0.313 e. The standard InChI is InChI=1S/C29H26Cl2O4S/c1-28(26(32)33)18-29(27(34)35,16-20-10-6-3-7-11-20)17-25(24(28)12-19-8-4-2-5-9-19)36-23-14-21(30)13-22(31)15-23/h2-11,13-15,17,24H,12,16,18H2,1H3,(H,32,33)(H,34,35). The van der Waals surface area contributed by atoms with E-state index in [1.807, 2.05) is 60.7 Å². The summed E-state index contributed by atoms with van der Waals surface area (Å²) in [6.07, 6.45) is 2.39. The van der Waals surface area contributed by atoms with Crippen LogP contribution in [0.1, 0.15) is 24.5 Å². The second-order valence-corrected chi connectivity index (χ2v) is 11.5. The van der Waals surface area contributed by atoms with Crippen molar-refractivity contribution in [3.8, 4) is 0 Å². The third-order valence-electron chi connectivity index (χ3n) is 6.85. The van der Waals surface area contributed by atoms with E-state index in [1.54, 1.807) is 31.2 Å². The van der Waals surface area contributed by atoms with Crippen molar-refractivity contribution < 1.29 is 19.8 Å². The van der Waals surface area contributed by atoms with Crippen molar-refractivity contribution in [2.45, 2.75) is 31.1 Å². The van der Waals surface area contributed by atoms with Crippen molar-refractivity contribution in [3.05, 3.63) is 111 Å². The third-order valence-corrected chi connectivity index (χ3v) is 8.39. The first-order chi connectivity index (χ1) is 17.1. The lowest BCUT2D eigenvalue weighted by atomic mass is 9.58. The summed E-state index contributed by atoms with van der Waals surface area (Å²) in [5, 5.41) is 22.0. The van der Waals surface area contributed by atoms with Gasteiger partial charge in [-0.3, -0.25) is 9.59 Å². The van der Waals surface area contributed by atoms with Crippen molar-refractivity contribution in [2.24, 2.45) is 16.7 Å². The molecule has 0 saturated carbocycles. The lowest BCUT2D eigenvalue weighted by Crippen LogP contribution is -2.49. The Labute approximate surface area is 225 Å². The second-order valence-electron chi connectivity index (χ2n) is 9.52. The van der Waals surface area contributed by atoms with Crippen LogP contribution in [0.5, 0.6) is 0 Å². The Hall–Kier alpha value is -2.73. The van der Waals surface area contributed by atoms with Crippen molar-refractivity contribution in [2.75, 3.05) is 0 Å². The normalized spacial score (nSPS) is 23.6. The average molecular weight is 541 g/mol. The van der Waals surface area contributed by atoms with Gasteiger partial charge in [0, 0.05) is 20.9 Å². The molecule has 0 saturated heterocycles. The smallest absolute Gasteiger partial charge is 0.313 e. The molecule has 4 rings (SSSR count). The van der Waals surface area contributed by atoms with E-state index in [0.717, 1.165) is 16.0 Å². The quantitative estimate of drug-likeness (QED) is 0.307. The van der Waals surface area contributed by atoms with Gasteiger partial charge in [-0.2, -0.15) is 0 Å². The number of carboxylic acids is 2. The molecule has 7 heteroatoms. The lowest BCUT2D eigenvalue weighted by Gasteiger charge is -2.46. The third kappa shape index (κ3) is 5.64. The molecule has 36 heavy (non-hydrogen) atoms. The zero-order valence-corrected chi connectivity index (χ0v) is 22.0. The highest BCUT2D eigenvalue weighted by Crippen LogP contribution is 2.55. The van der Waals surface area contributed by atoms with Gasteiger partial charge >= 0.3 is 11.9 Å². The topological polar surface area (TPSA) is 74.6 Å². The molecule has 3 atom stereocenters. The van der Waals surface area contributed by atoms with Gasteiger partial charge in [0.1, 0.15) is 0 Å². The Balaban J connectivity index is 1.89. The minimum Gasteiger partial charge on any atom is -0.481 e. The molecule has 186 valence electrons. The SMILES string of the molecule is CC1(C(=O)O)CC(Cc2ccccc2)(C(=O)O)C=C(Sc2cc(Cl)cc(Cl)c2)C1Cc1ccccc1. The molecule has 1 aliphatic rings. The highest BCUT2D eigenvalue weighted by molar-refractivity contribution is 8.03. The molecule has 0 heterocycles. The van der Waals surface area contributed by atoms with Gasteiger partial charge in [0.2, 0.25) is 0 Å². The van der Waals surface area contributed by atoms with E-state index >= 15 is 0 Å².